The zero-order chi connectivity index (χ0) is 12.1. The molecule has 0 spiro atoms. The Morgan fingerprint density at radius 2 is 2.35 bits per heavy atom. The fraction of sp³-hybridized carbons (Fsp3) is 0.462. The molecule has 0 saturated carbocycles. The summed E-state index contributed by atoms with van der Waals surface area (Å²) in [6.45, 7) is 1.16. The van der Waals surface area contributed by atoms with Crippen molar-refractivity contribution in [2.24, 2.45) is 0 Å². The average Bonchev–Trinajstić information content (AvgIpc) is 2.38. The lowest BCUT2D eigenvalue weighted by atomic mass is 10.0. The molecule has 17 heavy (non-hydrogen) atoms. The molecule has 1 aromatic carbocycles. The quantitative estimate of drug-likeness (QED) is 0.807. The Morgan fingerprint density at radius 1 is 1.47 bits per heavy atom. The summed E-state index contributed by atoms with van der Waals surface area (Å²) in [6.07, 6.45) is 2.01. The molecule has 1 aliphatic rings. The summed E-state index contributed by atoms with van der Waals surface area (Å²) in [4.78, 5) is 11.0. The minimum Gasteiger partial charge on any atom is -0.497 e. The number of benzene rings is 1. The third-order valence-corrected chi connectivity index (χ3v) is 3.01. The van der Waals surface area contributed by atoms with Crippen LogP contribution in [0.2, 0.25) is 0 Å². The van der Waals surface area contributed by atoms with Gasteiger partial charge < -0.3 is 15.4 Å². The molecule has 1 heterocycles. The van der Waals surface area contributed by atoms with Gasteiger partial charge in [-0.05, 0) is 30.5 Å². The molecule has 1 amide bonds. The molecule has 92 valence electrons. The Kier molecular flexibility index (Phi) is 3.98. The lowest BCUT2D eigenvalue weighted by Crippen LogP contribution is -2.51. The molecule has 0 bridgehead atoms. The SMILES string of the molecule is COc1cccc(CCC2CNC(=O)CN2)c1. The Labute approximate surface area is 101 Å². The third-order valence-electron chi connectivity index (χ3n) is 3.01. The summed E-state index contributed by atoms with van der Waals surface area (Å²) in [5.41, 5.74) is 1.27. The molecule has 0 aliphatic carbocycles. The highest BCUT2D eigenvalue weighted by Crippen LogP contribution is 2.14. The molecule has 0 aromatic heterocycles. The van der Waals surface area contributed by atoms with Gasteiger partial charge in [0.05, 0.1) is 13.7 Å². The second-order valence-corrected chi connectivity index (χ2v) is 4.27. The number of methoxy groups -OCH3 is 1. The van der Waals surface area contributed by atoms with Crippen molar-refractivity contribution >= 4 is 5.91 Å². The van der Waals surface area contributed by atoms with Gasteiger partial charge in [-0.15, -0.1) is 0 Å². The van der Waals surface area contributed by atoms with Crippen LogP contribution in [-0.2, 0) is 11.2 Å². The number of ether oxygens (including phenoxy) is 1. The first-order valence-electron chi connectivity index (χ1n) is 5.91. The Morgan fingerprint density at radius 3 is 3.06 bits per heavy atom. The van der Waals surface area contributed by atoms with E-state index in [0.717, 1.165) is 25.1 Å². The average molecular weight is 234 g/mol. The fourth-order valence-corrected chi connectivity index (χ4v) is 1.98. The molecule has 1 aromatic rings. The van der Waals surface area contributed by atoms with Crippen LogP contribution >= 0.6 is 0 Å². The van der Waals surface area contributed by atoms with Gasteiger partial charge in [-0.2, -0.15) is 0 Å². The number of piperazine rings is 1. The van der Waals surface area contributed by atoms with Gasteiger partial charge in [0.15, 0.2) is 0 Å². The summed E-state index contributed by atoms with van der Waals surface area (Å²) < 4.78 is 5.19. The van der Waals surface area contributed by atoms with Crippen molar-refractivity contribution in [3.05, 3.63) is 29.8 Å². The Bertz CT molecular complexity index is 383. The normalized spacial score (nSPS) is 19.8. The van der Waals surface area contributed by atoms with E-state index < -0.39 is 0 Å². The maximum Gasteiger partial charge on any atom is 0.234 e. The van der Waals surface area contributed by atoms with Crippen LogP contribution in [0.5, 0.6) is 5.75 Å². The summed E-state index contributed by atoms with van der Waals surface area (Å²) >= 11 is 0. The van der Waals surface area contributed by atoms with Crippen LogP contribution in [-0.4, -0.2) is 32.1 Å². The van der Waals surface area contributed by atoms with E-state index in [0.29, 0.717) is 12.6 Å². The van der Waals surface area contributed by atoms with Gasteiger partial charge in [0.1, 0.15) is 5.75 Å². The molecule has 0 radical (unpaired) electrons. The van der Waals surface area contributed by atoms with E-state index in [9.17, 15) is 4.79 Å². The highest BCUT2D eigenvalue weighted by atomic mass is 16.5. The number of rotatable bonds is 4. The van der Waals surface area contributed by atoms with E-state index in [4.69, 9.17) is 4.74 Å². The van der Waals surface area contributed by atoms with E-state index in [1.807, 2.05) is 12.1 Å². The lowest BCUT2D eigenvalue weighted by Gasteiger charge is -2.23. The van der Waals surface area contributed by atoms with E-state index in [1.54, 1.807) is 7.11 Å². The second kappa shape index (κ2) is 5.68. The standard InChI is InChI=1S/C13H18N2O2/c1-17-12-4-2-3-10(7-12)5-6-11-8-15-13(16)9-14-11/h2-4,7,11,14H,5-6,8-9H2,1H3,(H,15,16). The molecular weight excluding hydrogens is 216 g/mol. The molecular formula is C13H18N2O2. The first-order chi connectivity index (χ1) is 8.28. The van der Waals surface area contributed by atoms with Crippen molar-refractivity contribution in [2.75, 3.05) is 20.2 Å². The van der Waals surface area contributed by atoms with Crippen molar-refractivity contribution < 1.29 is 9.53 Å². The van der Waals surface area contributed by atoms with Crippen LogP contribution in [0.15, 0.2) is 24.3 Å². The largest absolute Gasteiger partial charge is 0.497 e. The predicted molar refractivity (Wildman–Crippen MR) is 66.1 cm³/mol. The Hall–Kier alpha value is -1.55. The van der Waals surface area contributed by atoms with Crippen molar-refractivity contribution in [1.29, 1.82) is 0 Å². The van der Waals surface area contributed by atoms with Crippen LogP contribution in [0.1, 0.15) is 12.0 Å². The summed E-state index contributed by atoms with van der Waals surface area (Å²) in [7, 11) is 1.68. The van der Waals surface area contributed by atoms with Gasteiger partial charge in [0.25, 0.3) is 0 Å². The zero-order valence-electron chi connectivity index (χ0n) is 10.0. The molecule has 1 atom stereocenters. The minimum absolute atomic E-state index is 0.0858. The van der Waals surface area contributed by atoms with Gasteiger partial charge >= 0.3 is 0 Å². The van der Waals surface area contributed by atoms with Gasteiger partial charge in [-0.1, -0.05) is 12.1 Å². The van der Waals surface area contributed by atoms with E-state index in [-0.39, 0.29) is 5.91 Å². The number of aryl methyl sites for hydroxylation is 1. The monoisotopic (exact) mass is 234 g/mol. The number of hydrogen-bond acceptors (Lipinski definition) is 3. The molecule has 4 heteroatoms. The highest BCUT2D eigenvalue weighted by Gasteiger charge is 2.16. The van der Waals surface area contributed by atoms with Crippen LogP contribution in [0.4, 0.5) is 0 Å². The first kappa shape index (κ1) is 11.9. The van der Waals surface area contributed by atoms with Crippen molar-refractivity contribution in [2.45, 2.75) is 18.9 Å². The smallest absolute Gasteiger partial charge is 0.234 e. The van der Waals surface area contributed by atoms with Crippen molar-refractivity contribution in [1.82, 2.24) is 10.6 Å². The van der Waals surface area contributed by atoms with Gasteiger partial charge in [-0.25, -0.2) is 0 Å². The van der Waals surface area contributed by atoms with Crippen LogP contribution < -0.4 is 15.4 Å². The summed E-state index contributed by atoms with van der Waals surface area (Å²) in [6, 6.07) is 8.48. The molecule has 2 rings (SSSR count). The van der Waals surface area contributed by atoms with Gasteiger partial charge in [-0.3, -0.25) is 4.79 Å². The third kappa shape index (κ3) is 3.46. The Balaban J connectivity index is 1.82. The van der Waals surface area contributed by atoms with Crippen LogP contribution in [0.25, 0.3) is 0 Å². The number of hydrogen-bond donors (Lipinski definition) is 2. The maximum atomic E-state index is 11.0. The maximum absolute atomic E-state index is 11.0. The van der Waals surface area contributed by atoms with Crippen molar-refractivity contribution in [3.8, 4) is 5.75 Å². The molecule has 1 aliphatic heterocycles. The highest BCUT2D eigenvalue weighted by molar-refractivity contribution is 5.78. The first-order valence-corrected chi connectivity index (χ1v) is 5.91. The summed E-state index contributed by atoms with van der Waals surface area (Å²) in [5.74, 6) is 0.982. The fourth-order valence-electron chi connectivity index (χ4n) is 1.98. The van der Waals surface area contributed by atoms with E-state index in [1.165, 1.54) is 5.56 Å². The van der Waals surface area contributed by atoms with Gasteiger partial charge in [0, 0.05) is 12.6 Å². The molecule has 4 nitrogen and oxygen atoms in total. The minimum atomic E-state index is 0.0858. The lowest BCUT2D eigenvalue weighted by molar-refractivity contribution is -0.121. The van der Waals surface area contributed by atoms with Crippen LogP contribution in [0, 0.1) is 0 Å². The molecule has 1 saturated heterocycles. The molecule has 1 fully saturated rings. The number of amides is 1. The zero-order valence-corrected chi connectivity index (χ0v) is 10.0. The molecule has 2 N–H and O–H groups in total. The van der Waals surface area contributed by atoms with E-state index in [2.05, 4.69) is 22.8 Å². The number of carbonyl (C=O) groups is 1. The topological polar surface area (TPSA) is 50.4 Å². The predicted octanol–water partition coefficient (Wildman–Crippen LogP) is 0.716. The van der Waals surface area contributed by atoms with E-state index >= 15 is 0 Å². The van der Waals surface area contributed by atoms with Crippen LogP contribution in [0.3, 0.4) is 0 Å². The van der Waals surface area contributed by atoms with Crippen molar-refractivity contribution in [3.63, 3.8) is 0 Å². The molecule has 1 unspecified atom stereocenters. The second-order valence-electron chi connectivity index (χ2n) is 4.27. The van der Waals surface area contributed by atoms with Gasteiger partial charge in [0.2, 0.25) is 5.91 Å². The number of nitrogens with one attached hydrogen (secondary N) is 2. The number of carbonyl (C=O) groups excluding carboxylic acids is 1. The summed E-state index contributed by atoms with van der Waals surface area (Å²) in [5, 5.41) is 6.09.